The molecule has 0 spiro atoms. The number of aromatic nitrogens is 3. The molecule has 1 aliphatic heterocycles. The third kappa shape index (κ3) is 3.14. The largest absolute Gasteiger partial charge is 0.332 e. The first-order valence-electron chi connectivity index (χ1n) is 7.75. The molecule has 10 heteroatoms. The van der Waals surface area contributed by atoms with Gasteiger partial charge in [-0.15, -0.1) is 5.10 Å². The van der Waals surface area contributed by atoms with Gasteiger partial charge in [0.15, 0.2) is 0 Å². The summed E-state index contributed by atoms with van der Waals surface area (Å²) in [6.45, 7) is 3.70. The van der Waals surface area contributed by atoms with Crippen LogP contribution in [0.2, 0.25) is 0 Å². The highest BCUT2D eigenvalue weighted by Crippen LogP contribution is 2.26. The van der Waals surface area contributed by atoms with Gasteiger partial charge in [-0.25, -0.2) is 12.8 Å². The monoisotopic (exact) mass is 367 g/mol. The quantitative estimate of drug-likeness (QED) is 0.868. The van der Waals surface area contributed by atoms with Gasteiger partial charge < -0.3 is 4.90 Å². The second kappa shape index (κ2) is 6.52. The molecule has 1 amide bonds. The fourth-order valence-electron chi connectivity index (χ4n) is 2.95. The maximum atomic E-state index is 14.0. The van der Waals surface area contributed by atoms with E-state index in [2.05, 4.69) is 15.4 Å². The standard InChI is InChI=1S/C15H18FN5O3S/c1-10-9-21(25(23,24)14-6-4-3-5-12(14)16)11(2)8-20(10)15(22)13-7-17-19-18-13/h3-7,10-11H,8-9H2,1-2H3,(H,17,18,19)/t10-,11+/m0/s1. The Morgan fingerprint density at radius 1 is 1.24 bits per heavy atom. The Bertz CT molecular complexity index is 871. The molecule has 0 bridgehead atoms. The van der Waals surface area contributed by atoms with Crippen LogP contribution in [-0.4, -0.2) is 64.1 Å². The van der Waals surface area contributed by atoms with Crippen LogP contribution < -0.4 is 0 Å². The topological polar surface area (TPSA) is 99.3 Å². The molecular weight excluding hydrogens is 349 g/mol. The summed E-state index contributed by atoms with van der Waals surface area (Å²) in [5, 5.41) is 9.61. The van der Waals surface area contributed by atoms with Gasteiger partial charge in [0, 0.05) is 25.2 Å². The minimum atomic E-state index is -3.99. The lowest BCUT2D eigenvalue weighted by molar-refractivity contribution is 0.0500. The zero-order valence-corrected chi connectivity index (χ0v) is 14.6. The number of H-pyrrole nitrogens is 1. The fraction of sp³-hybridized carbons (Fsp3) is 0.400. The van der Waals surface area contributed by atoms with Crippen LogP contribution in [0, 0.1) is 5.82 Å². The van der Waals surface area contributed by atoms with E-state index in [4.69, 9.17) is 0 Å². The van der Waals surface area contributed by atoms with Crippen molar-refractivity contribution in [3.05, 3.63) is 42.0 Å². The number of piperazine rings is 1. The van der Waals surface area contributed by atoms with Gasteiger partial charge in [0.2, 0.25) is 10.0 Å². The minimum absolute atomic E-state index is 0.0745. The Balaban J connectivity index is 1.85. The smallest absolute Gasteiger partial charge is 0.273 e. The van der Waals surface area contributed by atoms with Crippen molar-refractivity contribution in [1.82, 2.24) is 24.6 Å². The number of rotatable bonds is 3. The van der Waals surface area contributed by atoms with Gasteiger partial charge >= 0.3 is 0 Å². The van der Waals surface area contributed by atoms with Crippen molar-refractivity contribution in [3.63, 3.8) is 0 Å². The number of sulfonamides is 1. The van der Waals surface area contributed by atoms with Crippen LogP contribution in [0.25, 0.3) is 0 Å². The highest BCUT2D eigenvalue weighted by molar-refractivity contribution is 7.89. The van der Waals surface area contributed by atoms with Crippen LogP contribution in [0.1, 0.15) is 24.3 Å². The number of nitrogens with one attached hydrogen (secondary N) is 1. The van der Waals surface area contributed by atoms with Crippen LogP contribution in [0.3, 0.4) is 0 Å². The van der Waals surface area contributed by atoms with Crippen molar-refractivity contribution in [3.8, 4) is 0 Å². The Labute approximate surface area is 144 Å². The molecule has 1 N–H and O–H groups in total. The molecule has 1 saturated heterocycles. The second-order valence-corrected chi connectivity index (χ2v) is 7.89. The van der Waals surface area contributed by atoms with Crippen LogP contribution in [0.5, 0.6) is 0 Å². The van der Waals surface area contributed by atoms with Crippen molar-refractivity contribution in [2.75, 3.05) is 13.1 Å². The Hall–Kier alpha value is -2.33. The van der Waals surface area contributed by atoms with Gasteiger partial charge in [0.25, 0.3) is 5.91 Å². The number of nitrogens with zero attached hydrogens (tertiary/aromatic N) is 4. The summed E-state index contributed by atoms with van der Waals surface area (Å²) in [6, 6.07) is 4.40. The second-order valence-electron chi connectivity index (χ2n) is 6.03. The zero-order chi connectivity index (χ0) is 18.2. The van der Waals surface area contributed by atoms with Crippen molar-refractivity contribution in [1.29, 1.82) is 0 Å². The molecule has 0 unspecified atom stereocenters. The Morgan fingerprint density at radius 3 is 2.60 bits per heavy atom. The first-order valence-corrected chi connectivity index (χ1v) is 9.19. The molecule has 1 aliphatic rings. The van der Waals surface area contributed by atoms with Gasteiger partial charge in [-0.1, -0.05) is 17.3 Å². The maximum Gasteiger partial charge on any atom is 0.273 e. The van der Waals surface area contributed by atoms with Crippen molar-refractivity contribution in [2.24, 2.45) is 0 Å². The van der Waals surface area contributed by atoms with E-state index in [9.17, 15) is 17.6 Å². The number of aromatic amines is 1. The number of hydrogen-bond acceptors (Lipinski definition) is 5. The number of halogens is 1. The summed E-state index contributed by atoms with van der Waals surface area (Å²) in [4.78, 5) is 13.7. The summed E-state index contributed by atoms with van der Waals surface area (Å²) in [7, 11) is -3.99. The summed E-state index contributed by atoms with van der Waals surface area (Å²) >= 11 is 0. The summed E-state index contributed by atoms with van der Waals surface area (Å²) < 4.78 is 40.9. The first kappa shape index (κ1) is 17.5. The number of amides is 1. The van der Waals surface area contributed by atoms with E-state index in [-0.39, 0.29) is 35.6 Å². The molecular formula is C15H18FN5O3S. The molecule has 25 heavy (non-hydrogen) atoms. The molecule has 2 atom stereocenters. The van der Waals surface area contributed by atoms with Gasteiger partial charge in [-0.2, -0.15) is 4.31 Å². The maximum absolute atomic E-state index is 14.0. The molecule has 2 heterocycles. The lowest BCUT2D eigenvalue weighted by Crippen LogP contribution is -2.59. The van der Waals surface area contributed by atoms with Crippen molar-refractivity contribution < 1.29 is 17.6 Å². The van der Waals surface area contributed by atoms with Gasteiger partial charge in [0.1, 0.15) is 16.4 Å². The van der Waals surface area contributed by atoms with E-state index in [1.807, 2.05) is 0 Å². The van der Waals surface area contributed by atoms with E-state index in [0.717, 1.165) is 6.07 Å². The molecule has 2 aromatic rings. The minimum Gasteiger partial charge on any atom is -0.332 e. The highest BCUT2D eigenvalue weighted by Gasteiger charge is 2.40. The number of hydrogen-bond donors (Lipinski definition) is 1. The van der Waals surface area contributed by atoms with E-state index < -0.39 is 21.9 Å². The molecule has 8 nitrogen and oxygen atoms in total. The Morgan fingerprint density at radius 2 is 1.96 bits per heavy atom. The van der Waals surface area contributed by atoms with Crippen LogP contribution in [-0.2, 0) is 10.0 Å². The van der Waals surface area contributed by atoms with Gasteiger partial charge in [-0.05, 0) is 26.0 Å². The van der Waals surface area contributed by atoms with E-state index in [1.54, 1.807) is 18.7 Å². The van der Waals surface area contributed by atoms with Crippen LogP contribution in [0.4, 0.5) is 4.39 Å². The third-order valence-corrected chi connectivity index (χ3v) is 6.27. The van der Waals surface area contributed by atoms with E-state index in [0.29, 0.717) is 0 Å². The molecule has 1 aromatic heterocycles. The summed E-state index contributed by atoms with van der Waals surface area (Å²) in [5.74, 6) is -1.09. The van der Waals surface area contributed by atoms with Gasteiger partial charge in [-0.3, -0.25) is 9.89 Å². The Kier molecular flexibility index (Phi) is 4.56. The van der Waals surface area contributed by atoms with E-state index in [1.165, 1.54) is 28.7 Å². The number of benzene rings is 1. The predicted molar refractivity (Wildman–Crippen MR) is 86.6 cm³/mol. The first-order chi connectivity index (χ1) is 11.8. The average molecular weight is 367 g/mol. The van der Waals surface area contributed by atoms with E-state index >= 15 is 0 Å². The predicted octanol–water partition coefficient (Wildman–Crippen LogP) is 0.867. The molecule has 0 saturated carbocycles. The van der Waals surface area contributed by atoms with Crippen molar-refractivity contribution in [2.45, 2.75) is 30.8 Å². The molecule has 1 fully saturated rings. The summed E-state index contributed by atoms with van der Waals surface area (Å²) in [6.07, 6.45) is 1.32. The molecule has 0 aliphatic carbocycles. The molecule has 3 rings (SSSR count). The molecule has 1 aromatic carbocycles. The number of carbonyl (C=O) groups is 1. The highest BCUT2D eigenvalue weighted by atomic mass is 32.2. The van der Waals surface area contributed by atoms with Gasteiger partial charge in [0.05, 0.1) is 6.20 Å². The average Bonchev–Trinajstić information content (AvgIpc) is 3.10. The normalized spacial score (nSPS) is 22.1. The molecule has 134 valence electrons. The zero-order valence-electron chi connectivity index (χ0n) is 13.8. The lowest BCUT2D eigenvalue weighted by Gasteiger charge is -2.43. The fourth-order valence-corrected chi connectivity index (χ4v) is 4.72. The SMILES string of the molecule is C[C@@H]1CN(C(=O)c2cnn[nH]2)[C@@H](C)CN1S(=O)(=O)c1ccccc1F. The number of carbonyl (C=O) groups excluding carboxylic acids is 1. The van der Waals surface area contributed by atoms with Crippen molar-refractivity contribution >= 4 is 15.9 Å². The summed E-state index contributed by atoms with van der Waals surface area (Å²) in [5.41, 5.74) is 0.240. The van der Waals surface area contributed by atoms with Crippen LogP contribution in [0.15, 0.2) is 35.4 Å². The lowest BCUT2D eigenvalue weighted by atomic mass is 10.1. The van der Waals surface area contributed by atoms with Crippen LogP contribution >= 0.6 is 0 Å². The molecule has 0 radical (unpaired) electrons. The third-order valence-electron chi connectivity index (χ3n) is 4.26.